The number of aliphatic carboxylic acids is 1. The molecule has 2 atom stereocenters. The average Bonchev–Trinajstić information content (AvgIpc) is 2.27. The number of carbonyl (C=O) groups is 2. The standard InChI is InChI=1S/C12H22N2O3/c1-8(2)6-10(13)11(15)14-5-3-4-9(7-14)12(16)17/h8-10H,3-7,13H2,1-2H3,(H,16,17)/t9-,10-/m0/s1. The lowest BCUT2D eigenvalue weighted by molar-refractivity contribution is -0.146. The van der Waals surface area contributed by atoms with Crippen LogP contribution in [0, 0.1) is 11.8 Å². The van der Waals surface area contributed by atoms with Crippen molar-refractivity contribution in [2.24, 2.45) is 17.6 Å². The summed E-state index contributed by atoms with van der Waals surface area (Å²) in [6.07, 6.45) is 2.04. The Bertz CT molecular complexity index is 291. The van der Waals surface area contributed by atoms with E-state index in [1.54, 1.807) is 4.90 Å². The number of piperidine rings is 1. The van der Waals surface area contributed by atoms with Gasteiger partial charge in [0.2, 0.25) is 5.91 Å². The normalized spacial score (nSPS) is 22.6. The molecular formula is C12H22N2O3. The van der Waals surface area contributed by atoms with Crippen LogP contribution in [0.4, 0.5) is 0 Å². The van der Waals surface area contributed by atoms with Crippen LogP contribution in [0.1, 0.15) is 33.1 Å². The number of rotatable bonds is 4. The highest BCUT2D eigenvalue weighted by atomic mass is 16.4. The van der Waals surface area contributed by atoms with Crippen LogP contribution in [0.5, 0.6) is 0 Å². The van der Waals surface area contributed by atoms with Crippen LogP contribution in [0.3, 0.4) is 0 Å². The van der Waals surface area contributed by atoms with Gasteiger partial charge in [0.25, 0.3) is 0 Å². The van der Waals surface area contributed by atoms with E-state index in [2.05, 4.69) is 0 Å². The number of carboxylic acids is 1. The second kappa shape index (κ2) is 6.00. The number of hydrogen-bond donors (Lipinski definition) is 2. The zero-order chi connectivity index (χ0) is 13.0. The second-order valence-corrected chi connectivity index (χ2v) is 5.20. The summed E-state index contributed by atoms with van der Waals surface area (Å²) in [5.41, 5.74) is 5.83. The molecule has 3 N–H and O–H groups in total. The maximum absolute atomic E-state index is 12.0. The average molecular weight is 242 g/mol. The summed E-state index contributed by atoms with van der Waals surface area (Å²) >= 11 is 0. The fourth-order valence-electron chi connectivity index (χ4n) is 2.22. The second-order valence-electron chi connectivity index (χ2n) is 5.20. The summed E-state index contributed by atoms with van der Waals surface area (Å²) in [7, 11) is 0. The molecule has 5 nitrogen and oxygen atoms in total. The van der Waals surface area contributed by atoms with Crippen molar-refractivity contribution in [3.63, 3.8) is 0 Å². The Morgan fingerprint density at radius 3 is 2.65 bits per heavy atom. The Hall–Kier alpha value is -1.10. The van der Waals surface area contributed by atoms with Gasteiger partial charge >= 0.3 is 5.97 Å². The summed E-state index contributed by atoms with van der Waals surface area (Å²) in [6, 6.07) is -0.498. The quantitative estimate of drug-likeness (QED) is 0.759. The monoisotopic (exact) mass is 242 g/mol. The van der Waals surface area contributed by atoms with Crippen molar-refractivity contribution in [3.05, 3.63) is 0 Å². The molecule has 98 valence electrons. The van der Waals surface area contributed by atoms with E-state index >= 15 is 0 Å². The third-order valence-electron chi connectivity index (χ3n) is 3.12. The highest BCUT2D eigenvalue weighted by Crippen LogP contribution is 2.18. The lowest BCUT2D eigenvalue weighted by atomic mass is 9.96. The zero-order valence-corrected chi connectivity index (χ0v) is 10.6. The topological polar surface area (TPSA) is 83.6 Å². The number of amides is 1. The minimum atomic E-state index is -0.820. The summed E-state index contributed by atoms with van der Waals surface area (Å²) in [4.78, 5) is 24.5. The van der Waals surface area contributed by atoms with E-state index in [-0.39, 0.29) is 5.91 Å². The third kappa shape index (κ3) is 4.00. The molecule has 0 saturated carbocycles. The maximum atomic E-state index is 12.0. The minimum absolute atomic E-state index is 0.107. The van der Waals surface area contributed by atoms with Gasteiger partial charge < -0.3 is 15.7 Å². The Balaban J connectivity index is 2.54. The Morgan fingerprint density at radius 2 is 2.12 bits per heavy atom. The fraction of sp³-hybridized carbons (Fsp3) is 0.833. The highest BCUT2D eigenvalue weighted by molar-refractivity contribution is 5.82. The molecule has 17 heavy (non-hydrogen) atoms. The van der Waals surface area contributed by atoms with Crippen LogP contribution in [-0.2, 0) is 9.59 Å². The molecular weight excluding hydrogens is 220 g/mol. The van der Waals surface area contributed by atoms with Crippen LogP contribution in [0.15, 0.2) is 0 Å². The Morgan fingerprint density at radius 1 is 1.47 bits per heavy atom. The number of nitrogens with zero attached hydrogens (tertiary/aromatic N) is 1. The molecule has 0 aromatic carbocycles. The maximum Gasteiger partial charge on any atom is 0.308 e. The minimum Gasteiger partial charge on any atom is -0.481 e. The Kier molecular flexibility index (Phi) is 4.93. The van der Waals surface area contributed by atoms with Crippen molar-refractivity contribution in [1.29, 1.82) is 0 Å². The number of carboxylic acid groups (broad SMARTS) is 1. The number of carbonyl (C=O) groups excluding carboxylic acids is 1. The van der Waals surface area contributed by atoms with Crippen LogP contribution >= 0.6 is 0 Å². The first kappa shape index (κ1) is 14.0. The molecule has 1 amide bonds. The van der Waals surface area contributed by atoms with Crippen molar-refractivity contribution in [2.75, 3.05) is 13.1 Å². The first-order valence-corrected chi connectivity index (χ1v) is 6.19. The summed E-state index contributed by atoms with van der Waals surface area (Å²) in [6.45, 7) is 4.97. The summed E-state index contributed by atoms with van der Waals surface area (Å²) < 4.78 is 0. The Labute approximate surface area is 102 Å². The van der Waals surface area contributed by atoms with Crippen LogP contribution < -0.4 is 5.73 Å². The van der Waals surface area contributed by atoms with Gasteiger partial charge in [-0.1, -0.05) is 13.8 Å². The molecule has 0 bridgehead atoms. The molecule has 1 fully saturated rings. The third-order valence-corrected chi connectivity index (χ3v) is 3.12. The molecule has 1 saturated heterocycles. The highest BCUT2D eigenvalue weighted by Gasteiger charge is 2.30. The largest absolute Gasteiger partial charge is 0.481 e. The van der Waals surface area contributed by atoms with Gasteiger partial charge in [0.15, 0.2) is 0 Å². The molecule has 0 aromatic heterocycles. The van der Waals surface area contributed by atoms with E-state index < -0.39 is 17.9 Å². The number of likely N-dealkylation sites (tertiary alicyclic amines) is 1. The first-order chi connectivity index (χ1) is 7.91. The van der Waals surface area contributed by atoms with E-state index in [0.717, 1.165) is 6.42 Å². The van der Waals surface area contributed by atoms with E-state index in [9.17, 15) is 9.59 Å². The summed E-state index contributed by atoms with van der Waals surface area (Å²) in [5.74, 6) is -0.988. The van der Waals surface area contributed by atoms with Crippen molar-refractivity contribution in [1.82, 2.24) is 4.90 Å². The molecule has 1 aliphatic rings. The van der Waals surface area contributed by atoms with Crippen molar-refractivity contribution in [2.45, 2.75) is 39.2 Å². The van der Waals surface area contributed by atoms with Gasteiger partial charge in [0.1, 0.15) is 0 Å². The lowest BCUT2D eigenvalue weighted by Gasteiger charge is -2.32. The molecule has 5 heteroatoms. The van der Waals surface area contributed by atoms with Crippen molar-refractivity contribution < 1.29 is 14.7 Å². The van der Waals surface area contributed by atoms with Gasteiger partial charge in [-0.3, -0.25) is 9.59 Å². The van der Waals surface area contributed by atoms with Gasteiger partial charge in [-0.25, -0.2) is 0 Å². The van der Waals surface area contributed by atoms with Gasteiger partial charge in [0, 0.05) is 13.1 Å². The fourth-order valence-corrected chi connectivity index (χ4v) is 2.22. The smallest absolute Gasteiger partial charge is 0.308 e. The predicted octanol–water partition coefficient (Wildman–Crippen LogP) is 0.683. The van der Waals surface area contributed by atoms with Crippen LogP contribution in [0.25, 0.3) is 0 Å². The molecule has 1 aliphatic heterocycles. The van der Waals surface area contributed by atoms with E-state index in [1.165, 1.54) is 0 Å². The molecule has 0 unspecified atom stereocenters. The number of nitrogens with two attached hydrogens (primary N) is 1. The zero-order valence-electron chi connectivity index (χ0n) is 10.6. The van der Waals surface area contributed by atoms with Crippen LogP contribution in [-0.4, -0.2) is 41.0 Å². The molecule has 0 aromatic rings. The molecule has 1 heterocycles. The number of hydrogen-bond acceptors (Lipinski definition) is 3. The molecule has 1 rings (SSSR count). The SMILES string of the molecule is CC(C)C[C@H](N)C(=O)N1CCC[C@H](C(=O)O)C1. The lowest BCUT2D eigenvalue weighted by Crippen LogP contribution is -2.49. The van der Waals surface area contributed by atoms with Gasteiger partial charge in [0.05, 0.1) is 12.0 Å². The van der Waals surface area contributed by atoms with Crippen LogP contribution in [0.2, 0.25) is 0 Å². The molecule has 0 aliphatic carbocycles. The molecule has 0 radical (unpaired) electrons. The van der Waals surface area contributed by atoms with Gasteiger partial charge in [-0.2, -0.15) is 0 Å². The summed E-state index contributed by atoms with van der Waals surface area (Å²) in [5, 5.41) is 8.95. The van der Waals surface area contributed by atoms with E-state index in [0.29, 0.717) is 31.8 Å². The van der Waals surface area contributed by atoms with Gasteiger partial charge in [-0.05, 0) is 25.2 Å². The van der Waals surface area contributed by atoms with Crippen molar-refractivity contribution >= 4 is 11.9 Å². The van der Waals surface area contributed by atoms with E-state index in [4.69, 9.17) is 10.8 Å². The first-order valence-electron chi connectivity index (χ1n) is 6.19. The van der Waals surface area contributed by atoms with Crippen molar-refractivity contribution in [3.8, 4) is 0 Å². The van der Waals surface area contributed by atoms with E-state index in [1.807, 2.05) is 13.8 Å². The predicted molar refractivity (Wildman–Crippen MR) is 64.4 cm³/mol. The molecule has 0 spiro atoms. The van der Waals surface area contributed by atoms with Gasteiger partial charge in [-0.15, -0.1) is 0 Å².